The molecule has 0 fully saturated rings. The molecule has 238 valence electrons. The second kappa shape index (κ2) is 11.9. The van der Waals surface area contributed by atoms with Gasteiger partial charge in [0, 0.05) is 0 Å². The first-order valence-electron chi connectivity index (χ1n) is 17.6. The highest BCUT2D eigenvalue weighted by atomic mass is 14.2. The highest BCUT2D eigenvalue weighted by Crippen LogP contribution is 2.46. The third-order valence-corrected chi connectivity index (χ3v) is 10.4. The van der Waals surface area contributed by atoms with Crippen molar-refractivity contribution in [1.82, 2.24) is 0 Å². The van der Waals surface area contributed by atoms with E-state index in [1.54, 1.807) is 0 Å². The molecule has 0 unspecified atom stereocenters. The summed E-state index contributed by atoms with van der Waals surface area (Å²) in [6.45, 7) is 6.92. The summed E-state index contributed by atoms with van der Waals surface area (Å²) in [5.74, 6) is 0. The van der Waals surface area contributed by atoms with E-state index in [1.807, 2.05) is 0 Å². The molecule has 0 aliphatic heterocycles. The Morgan fingerprint density at radius 2 is 0.840 bits per heavy atom. The molecule has 0 N–H and O–H groups in total. The average molecular weight is 639 g/mol. The lowest BCUT2D eigenvalue weighted by Gasteiger charge is -2.23. The first kappa shape index (κ1) is 30.1. The Labute approximate surface area is 294 Å². The Bertz CT molecular complexity index is 2710. The molecular formula is C50H38. The zero-order valence-corrected chi connectivity index (χ0v) is 28.7. The van der Waals surface area contributed by atoms with Crippen molar-refractivity contribution in [2.75, 3.05) is 0 Å². The zero-order chi connectivity index (χ0) is 33.8. The van der Waals surface area contributed by atoms with Crippen LogP contribution in [0.25, 0.3) is 87.6 Å². The standard InChI is InChI=1S/C50H38/c1-50(2,3)41-28-29-46-47(32-41)49(40-17-10-16-38(31-40)39-27-22-33-12-4-5-14-37(33)30-39)45-20-9-8-19-44(45)48(46)36-25-23-35(24-26-36)43-21-11-15-34-13-6-7-18-42(34)43/h4-32H,1-3H3. The molecule has 0 spiro atoms. The molecule has 0 heteroatoms. The van der Waals surface area contributed by atoms with Crippen molar-refractivity contribution >= 4 is 43.1 Å². The molecule has 0 saturated carbocycles. The Morgan fingerprint density at radius 3 is 1.60 bits per heavy atom. The van der Waals surface area contributed by atoms with E-state index in [-0.39, 0.29) is 5.41 Å². The van der Waals surface area contributed by atoms with E-state index in [4.69, 9.17) is 0 Å². The van der Waals surface area contributed by atoms with Crippen molar-refractivity contribution in [1.29, 1.82) is 0 Å². The molecule has 0 aliphatic carbocycles. The van der Waals surface area contributed by atoms with Gasteiger partial charge in [-0.1, -0.05) is 178 Å². The Kier molecular flexibility index (Phi) is 7.14. The lowest BCUT2D eigenvalue weighted by molar-refractivity contribution is 0.591. The molecule has 0 bridgehead atoms. The lowest BCUT2D eigenvalue weighted by atomic mass is 9.81. The van der Waals surface area contributed by atoms with Crippen LogP contribution in [0, 0.1) is 0 Å². The van der Waals surface area contributed by atoms with Gasteiger partial charge in [0.1, 0.15) is 0 Å². The van der Waals surface area contributed by atoms with Gasteiger partial charge in [-0.05, 0) is 117 Å². The topological polar surface area (TPSA) is 0 Å². The normalized spacial score (nSPS) is 11.9. The van der Waals surface area contributed by atoms with Crippen molar-refractivity contribution in [3.05, 3.63) is 181 Å². The van der Waals surface area contributed by atoms with Gasteiger partial charge in [-0.2, -0.15) is 0 Å². The van der Waals surface area contributed by atoms with Crippen molar-refractivity contribution in [3.63, 3.8) is 0 Å². The minimum atomic E-state index is 0.0182. The Balaban J connectivity index is 1.27. The molecule has 0 aliphatic rings. The van der Waals surface area contributed by atoms with Crippen LogP contribution in [-0.4, -0.2) is 0 Å². The maximum absolute atomic E-state index is 2.45. The second-order valence-electron chi connectivity index (χ2n) is 14.6. The van der Waals surface area contributed by atoms with Crippen molar-refractivity contribution < 1.29 is 0 Å². The minimum Gasteiger partial charge on any atom is -0.0616 e. The van der Waals surface area contributed by atoms with E-state index in [0.717, 1.165) is 0 Å². The van der Waals surface area contributed by atoms with Gasteiger partial charge in [0.05, 0.1) is 0 Å². The van der Waals surface area contributed by atoms with E-state index in [9.17, 15) is 0 Å². The van der Waals surface area contributed by atoms with Gasteiger partial charge in [0.25, 0.3) is 0 Å². The second-order valence-corrected chi connectivity index (χ2v) is 14.6. The van der Waals surface area contributed by atoms with Gasteiger partial charge >= 0.3 is 0 Å². The van der Waals surface area contributed by atoms with Crippen LogP contribution in [0.3, 0.4) is 0 Å². The van der Waals surface area contributed by atoms with Crippen LogP contribution >= 0.6 is 0 Å². The first-order valence-corrected chi connectivity index (χ1v) is 17.6. The van der Waals surface area contributed by atoms with Crippen LogP contribution in [-0.2, 0) is 5.41 Å². The SMILES string of the molecule is CC(C)(C)c1ccc2c(-c3ccc(-c4cccc5ccccc45)cc3)c3ccccc3c(-c3cccc(-c4ccc5ccccc5c4)c3)c2c1. The van der Waals surface area contributed by atoms with E-state index in [0.29, 0.717) is 0 Å². The third-order valence-electron chi connectivity index (χ3n) is 10.4. The zero-order valence-electron chi connectivity index (χ0n) is 28.7. The Morgan fingerprint density at radius 1 is 0.300 bits per heavy atom. The molecule has 0 radical (unpaired) electrons. The van der Waals surface area contributed by atoms with Gasteiger partial charge in [-0.25, -0.2) is 0 Å². The molecule has 9 aromatic carbocycles. The summed E-state index contributed by atoms with van der Waals surface area (Å²) in [6.07, 6.45) is 0. The summed E-state index contributed by atoms with van der Waals surface area (Å²) in [7, 11) is 0. The number of hydrogen-bond donors (Lipinski definition) is 0. The summed E-state index contributed by atoms with van der Waals surface area (Å²) in [5.41, 5.74) is 11.4. The van der Waals surface area contributed by atoms with E-state index in [1.165, 1.54) is 93.2 Å². The number of benzene rings is 9. The molecule has 0 heterocycles. The van der Waals surface area contributed by atoms with E-state index in [2.05, 4.69) is 197 Å². The predicted octanol–water partition coefficient (Wildman–Crippen LogP) is 14.3. The van der Waals surface area contributed by atoms with Crippen molar-refractivity contribution in [2.45, 2.75) is 26.2 Å². The summed E-state index contributed by atoms with van der Waals surface area (Å²) >= 11 is 0. The molecule has 0 saturated heterocycles. The minimum absolute atomic E-state index is 0.0182. The van der Waals surface area contributed by atoms with Crippen LogP contribution in [0.1, 0.15) is 26.3 Å². The van der Waals surface area contributed by atoms with Gasteiger partial charge in [0.2, 0.25) is 0 Å². The molecule has 50 heavy (non-hydrogen) atoms. The highest BCUT2D eigenvalue weighted by Gasteiger charge is 2.21. The summed E-state index contributed by atoms with van der Waals surface area (Å²) in [4.78, 5) is 0. The van der Waals surface area contributed by atoms with Gasteiger partial charge in [-0.3, -0.25) is 0 Å². The Hall–Kier alpha value is -5.98. The van der Waals surface area contributed by atoms with E-state index >= 15 is 0 Å². The van der Waals surface area contributed by atoms with Crippen molar-refractivity contribution in [3.8, 4) is 44.5 Å². The monoisotopic (exact) mass is 638 g/mol. The van der Waals surface area contributed by atoms with Gasteiger partial charge in [-0.15, -0.1) is 0 Å². The molecule has 0 nitrogen and oxygen atoms in total. The summed E-state index contributed by atoms with van der Waals surface area (Å²) in [6, 6.07) is 65.1. The van der Waals surface area contributed by atoms with Crippen LogP contribution in [0.4, 0.5) is 0 Å². The fourth-order valence-corrected chi connectivity index (χ4v) is 7.78. The third kappa shape index (κ3) is 5.16. The molecular weight excluding hydrogens is 601 g/mol. The summed E-state index contributed by atoms with van der Waals surface area (Å²) in [5, 5.41) is 10.2. The number of hydrogen-bond acceptors (Lipinski definition) is 0. The quantitative estimate of drug-likeness (QED) is 0.168. The molecule has 0 aromatic heterocycles. The summed E-state index contributed by atoms with van der Waals surface area (Å²) < 4.78 is 0. The lowest BCUT2D eigenvalue weighted by Crippen LogP contribution is -2.10. The predicted molar refractivity (Wildman–Crippen MR) is 217 cm³/mol. The number of fused-ring (bicyclic) bond motifs is 4. The number of rotatable bonds is 4. The fraction of sp³-hybridized carbons (Fsp3) is 0.0800. The largest absolute Gasteiger partial charge is 0.0616 e. The van der Waals surface area contributed by atoms with Crippen LogP contribution in [0.5, 0.6) is 0 Å². The molecule has 9 aromatic rings. The van der Waals surface area contributed by atoms with Gasteiger partial charge < -0.3 is 0 Å². The average Bonchev–Trinajstić information content (AvgIpc) is 3.16. The molecule has 0 amide bonds. The van der Waals surface area contributed by atoms with Crippen molar-refractivity contribution in [2.24, 2.45) is 0 Å². The maximum Gasteiger partial charge on any atom is -0.00261 e. The van der Waals surface area contributed by atoms with Gasteiger partial charge in [0.15, 0.2) is 0 Å². The van der Waals surface area contributed by atoms with E-state index < -0.39 is 0 Å². The molecule has 0 atom stereocenters. The first-order chi connectivity index (χ1) is 24.4. The fourth-order valence-electron chi connectivity index (χ4n) is 7.78. The van der Waals surface area contributed by atoms with Crippen LogP contribution in [0.15, 0.2) is 176 Å². The van der Waals surface area contributed by atoms with Crippen LogP contribution < -0.4 is 0 Å². The van der Waals surface area contributed by atoms with Crippen LogP contribution in [0.2, 0.25) is 0 Å². The smallest absolute Gasteiger partial charge is 0.00261 e. The molecule has 9 rings (SSSR count). The maximum atomic E-state index is 2.45. The highest BCUT2D eigenvalue weighted by molar-refractivity contribution is 6.21.